The van der Waals surface area contributed by atoms with Gasteiger partial charge in [0, 0.05) is 45.0 Å². The molecule has 24 heavy (non-hydrogen) atoms. The highest BCUT2D eigenvalue weighted by Crippen LogP contribution is 2.28. The maximum absolute atomic E-state index is 5.65. The number of hydrogen-bond acceptors (Lipinski definition) is 3. The van der Waals surface area contributed by atoms with Gasteiger partial charge in [0.15, 0.2) is 5.96 Å². The normalized spacial score (nSPS) is 19.4. The van der Waals surface area contributed by atoms with E-state index in [-0.39, 0.29) is 0 Å². The van der Waals surface area contributed by atoms with Crippen LogP contribution in [0.2, 0.25) is 0 Å². The van der Waals surface area contributed by atoms with Crippen molar-refractivity contribution in [2.75, 3.05) is 44.8 Å². The van der Waals surface area contributed by atoms with Gasteiger partial charge in [0.2, 0.25) is 0 Å². The molecule has 2 fully saturated rings. The molecule has 0 bridgehead atoms. The van der Waals surface area contributed by atoms with E-state index in [1.54, 1.807) is 0 Å². The van der Waals surface area contributed by atoms with Crippen molar-refractivity contribution >= 4 is 11.6 Å². The Morgan fingerprint density at radius 1 is 1.17 bits per heavy atom. The van der Waals surface area contributed by atoms with Gasteiger partial charge in [-0.2, -0.15) is 0 Å². The molecular weight excluding hydrogens is 300 g/mol. The number of aliphatic imine (C=N–C) groups is 1. The lowest BCUT2D eigenvalue weighted by molar-refractivity contribution is 0.129. The molecule has 0 radical (unpaired) electrons. The van der Waals surface area contributed by atoms with Crippen molar-refractivity contribution < 1.29 is 4.74 Å². The van der Waals surface area contributed by atoms with E-state index in [1.807, 2.05) is 7.05 Å². The molecule has 3 rings (SSSR count). The fourth-order valence-electron chi connectivity index (χ4n) is 3.08. The number of nitrogens with one attached hydrogen (secondary N) is 2. The minimum absolute atomic E-state index is 0.489. The average Bonchev–Trinajstić information content (AvgIpc) is 3.46. The molecule has 1 saturated heterocycles. The van der Waals surface area contributed by atoms with Crippen molar-refractivity contribution in [2.24, 2.45) is 10.9 Å². The average molecular weight is 330 g/mol. The van der Waals surface area contributed by atoms with Gasteiger partial charge in [-0.25, -0.2) is 0 Å². The van der Waals surface area contributed by atoms with Crippen LogP contribution < -0.4 is 15.5 Å². The largest absolute Gasteiger partial charge is 0.379 e. The molecule has 1 heterocycles. The van der Waals surface area contributed by atoms with E-state index in [0.29, 0.717) is 6.04 Å². The van der Waals surface area contributed by atoms with Crippen LogP contribution in [-0.4, -0.2) is 51.9 Å². The summed E-state index contributed by atoms with van der Waals surface area (Å²) in [7, 11) is 1.83. The highest BCUT2D eigenvalue weighted by Gasteiger charge is 2.21. The summed E-state index contributed by atoms with van der Waals surface area (Å²) >= 11 is 0. The molecule has 5 heteroatoms. The second kappa shape index (κ2) is 8.92. The summed E-state index contributed by atoms with van der Waals surface area (Å²) in [6.45, 7) is 4.66. The zero-order valence-corrected chi connectivity index (χ0v) is 14.7. The van der Waals surface area contributed by atoms with E-state index in [1.165, 1.54) is 18.5 Å². The van der Waals surface area contributed by atoms with Crippen molar-refractivity contribution in [3.63, 3.8) is 0 Å². The Balaban J connectivity index is 1.33. The predicted octanol–water partition coefficient (Wildman–Crippen LogP) is 2.25. The summed E-state index contributed by atoms with van der Waals surface area (Å²) in [6, 6.07) is 11.2. The summed E-state index contributed by atoms with van der Waals surface area (Å²) in [6.07, 6.45) is 4.96. The Labute approximate surface area is 145 Å². The molecule has 0 amide bonds. The Bertz CT molecular complexity index is 507. The molecule has 0 unspecified atom stereocenters. The number of rotatable bonds is 7. The van der Waals surface area contributed by atoms with Gasteiger partial charge in [0.1, 0.15) is 0 Å². The number of nitrogens with zero attached hydrogens (tertiary/aromatic N) is 2. The third-order valence-electron chi connectivity index (χ3n) is 4.77. The molecule has 132 valence electrons. The fraction of sp³-hybridized carbons (Fsp3) is 0.632. The summed E-state index contributed by atoms with van der Waals surface area (Å²) in [5, 5.41) is 6.90. The SMILES string of the molecule is CN=C(NCCOCC1CC1)NC1CCN(c2ccccc2)CC1. The van der Waals surface area contributed by atoms with Crippen molar-refractivity contribution in [3.05, 3.63) is 30.3 Å². The van der Waals surface area contributed by atoms with E-state index in [2.05, 4.69) is 50.9 Å². The van der Waals surface area contributed by atoms with Gasteiger partial charge < -0.3 is 20.3 Å². The summed E-state index contributed by atoms with van der Waals surface area (Å²) < 4.78 is 5.65. The van der Waals surface area contributed by atoms with Gasteiger partial charge in [0.05, 0.1) is 6.61 Å². The maximum Gasteiger partial charge on any atom is 0.191 e. The fourth-order valence-corrected chi connectivity index (χ4v) is 3.08. The van der Waals surface area contributed by atoms with Crippen LogP contribution in [0.5, 0.6) is 0 Å². The summed E-state index contributed by atoms with van der Waals surface area (Å²) in [5.41, 5.74) is 1.33. The lowest BCUT2D eigenvalue weighted by Crippen LogP contribution is -2.49. The molecule has 1 aliphatic heterocycles. The van der Waals surface area contributed by atoms with E-state index in [9.17, 15) is 0 Å². The topological polar surface area (TPSA) is 48.9 Å². The minimum atomic E-state index is 0.489. The van der Waals surface area contributed by atoms with Gasteiger partial charge in [-0.05, 0) is 43.7 Å². The quantitative estimate of drug-likeness (QED) is 0.457. The maximum atomic E-state index is 5.65. The van der Waals surface area contributed by atoms with Crippen molar-refractivity contribution in [1.82, 2.24) is 10.6 Å². The van der Waals surface area contributed by atoms with Crippen molar-refractivity contribution in [3.8, 4) is 0 Å². The molecule has 2 N–H and O–H groups in total. The number of ether oxygens (including phenoxy) is 1. The van der Waals surface area contributed by atoms with E-state index >= 15 is 0 Å². The lowest BCUT2D eigenvalue weighted by Gasteiger charge is -2.34. The van der Waals surface area contributed by atoms with E-state index in [4.69, 9.17) is 4.74 Å². The molecule has 1 aromatic carbocycles. The van der Waals surface area contributed by atoms with Crippen LogP contribution in [0.15, 0.2) is 35.3 Å². The molecular formula is C19H30N4O. The molecule has 1 aromatic rings. The van der Waals surface area contributed by atoms with Crippen molar-refractivity contribution in [1.29, 1.82) is 0 Å². The third-order valence-corrected chi connectivity index (χ3v) is 4.77. The molecule has 1 aliphatic carbocycles. The second-order valence-electron chi connectivity index (χ2n) is 6.76. The molecule has 0 aromatic heterocycles. The van der Waals surface area contributed by atoms with Gasteiger partial charge in [-0.3, -0.25) is 4.99 Å². The molecule has 0 spiro atoms. The van der Waals surface area contributed by atoms with E-state index < -0.39 is 0 Å². The lowest BCUT2D eigenvalue weighted by atomic mass is 10.0. The Morgan fingerprint density at radius 2 is 1.92 bits per heavy atom. The smallest absolute Gasteiger partial charge is 0.191 e. The van der Waals surface area contributed by atoms with Crippen LogP contribution in [0.1, 0.15) is 25.7 Å². The van der Waals surface area contributed by atoms with Crippen LogP contribution in [0.3, 0.4) is 0 Å². The summed E-state index contributed by atoms with van der Waals surface area (Å²) in [5.74, 6) is 1.72. The number of benzene rings is 1. The Hall–Kier alpha value is -1.75. The van der Waals surface area contributed by atoms with Gasteiger partial charge in [-0.1, -0.05) is 18.2 Å². The number of para-hydroxylation sites is 1. The zero-order valence-electron chi connectivity index (χ0n) is 14.7. The molecule has 2 aliphatic rings. The van der Waals surface area contributed by atoms with Crippen LogP contribution in [0.25, 0.3) is 0 Å². The first-order valence-corrected chi connectivity index (χ1v) is 9.20. The highest BCUT2D eigenvalue weighted by atomic mass is 16.5. The standard InChI is InChI=1S/C19H30N4O/c1-20-19(21-11-14-24-15-16-7-8-16)22-17-9-12-23(13-10-17)18-5-3-2-4-6-18/h2-6,16-17H,7-15H2,1H3,(H2,20,21,22). The third kappa shape index (κ3) is 5.41. The molecule has 0 atom stereocenters. The highest BCUT2D eigenvalue weighted by molar-refractivity contribution is 5.80. The first-order valence-electron chi connectivity index (χ1n) is 9.20. The predicted molar refractivity (Wildman–Crippen MR) is 99.7 cm³/mol. The Kier molecular flexibility index (Phi) is 6.35. The zero-order chi connectivity index (χ0) is 16.6. The van der Waals surface area contributed by atoms with Gasteiger partial charge in [0.25, 0.3) is 0 Å². The second-order valence-corrected chi connectivity index (χ2v) is 6.76. The Morgan fingerprint density at radius 3 is 2.58 bits per heavy atom. The number of guanidine groups is 1. The monoisotopic (exact) mass is 330 g/mol. The van der Waals surface area contributed by atoms with Crippen LogP contribution in [-0.2, 0) is 4.74 Å². The summed E-state index contributed by atoms with van der Waals surface area (Å²) in [4.78, 5) is 6.79. The van der Waals surface area contributed by atoms with Crippen LogP contribution in [0.4, 0.5) is 5.69 Å². The number of anilines is 1. The van der Waals surface area contributed by atoms with E-state index in [0.717, 1.165) is 57.6 Å². The minimum Gasteiger partial charge on any atom is -0.379 e. The number of hydrogen-bond donors (Lipinski definition) is 2. The van der Waals surface area contributed by atoms with Gasteiger partial charge in [-0.15, -0.1) is 0 Å². The van der Waals surface area contributed by atoms with Crippen LogP contribution >= 0.6 is 0 Å². The van der Waals surface area contributed by atoms with Gasteiger partial charge >= 0.3 is 0 Å². The van der Waals surface area contributed by atoms with Crippen molar-refractivity contribution in [2.45, 2.75) is 31.7 Å². The molecule has 5 nitrogen and oxygen atoms in total. The number of piperidine rings is 1. The first-order chi connectivity index (χ1) is 11.8. The first kappa shape index (κ1) is 17.1. The van der Waals surface area contributed by atoms with Crippen LogP contribution in [0, 0.1) is 5.92 Å². The molecule has 1 saturated carbocycles.